The summed E-state index contributed by atoms with van der Waals surface area (Å²) < 4.78 is 156. The van der Waals surface area contributed by atoms with Crippen molar-refractivity contribution in [3.05, 3.63) is 144 Å². The predicted octanol–water partition coefficient (Wildman–Crippen LogP) is 12.8. The van der Waals surface area contributed by atoms with Gasteiger partial charge in [-0.15, -0.1) is 29.3 Å². The number of phenolic OH excluding ortho intramolecular Hbond substituents is 1. The standard InChI is InChI=1S/C49H50N3O.Pt/c1-31-16-14-17-32(24-31)33-22-23-50-42(28-33)35-25-34(26-36(27-35)47(2,3)4)39-20-15-21-43-44(39)51-46(52(43)38-18-12-11-13-19-38)40-29-37(48(5,6)7)30-41(45(40)53)49(8,9)10;/h11-24,26-30,53H,1-10H3;/q-1;/i5D3,6D3,7D3,8D3,9D3,10D3;. The van der Waals surface area contributed by atoms with E-state index >= 15 is 0 Å². The first kappa shape index (κ1) is 21.9. The Kier molecular flexibility index (Phi) is 5.87. The minimum absolute atomic E-state index is 0. The molecule has 0 atom stereocenters. The molecule has 0 bridgehead atoms. The van der Waals surface area contributed by atoms with Gasteiger partial charge < -0.3 is 5.11 Å². The van der Waals surface area contributed by atoms with E-state index in [1.807, 2.05) is 70.2 Å². The molecule has 2 heterocycles. The third-order valence-electron chi connectivity index (χ3n) is 9.30. The van der Waals surface area contributed by atoms with E-state index in [0.717, 1.165) is 22.3 Å². The van der Waals surface area contributed by atoms with Gasteiger partial charge in [-0.05, 0) is 70.2 Å². The molecule has 5 aromatic carbocycles. The monoisotopic (exact) mass is 909 g/mol. The molecule has 278 valence electrons. The van der Waals surface area contributed by atoms with Crippen LogP contribution in [0.5, 0.6) is 5.75 Å². The number of hydrogen-bond donors (Lipinski definition) is 1. The number of para-hydroxylation sites is 2. The van der Waals surface area contributed by atoms with E-state index in [2.05, 4.69) is 12.1 Å². The van der Waals surface area contributed by atoms with Gasteiger partial charge in [0.15, 0.2) is 0 Å². The smallest absolute Gasteiger partial charge is 0.148 e. The summed E-state index contributed by atoms with van der Waals surface area (Å²) >= 11 is 0. The summed E-state index contributed by atoms with van der Waals surface area (Å²) in [5.41, 5.74) is -5.21. The van der Waals surface area contributed by atoms with Crippen molar-refractivity contribution in [3.8, 4) is 56.3 Å². The fourth-order valence-electron chi connectivity index (χ4n) is 6.51. The van der Waals surface area contributed by atoms with Crippen molar-refractivity contribution in [2.75, 3.05) is 0 Å². The van der Waals surface area contributed by atoms with E-state index in [0.29, 0.717) is 34.1 Å². The molecule has 0 fully saturated rings. The normalized spacial score (nSPS) is 18.5. The van der Waals surface area contributed by atoms with Crippen LogP contribution in [0, 0.1) is 13.0 Å². The molecule has 0 amide bonds. The number of benzene rings is 5. The number of pyridine rings is 1. The summed E-state index contributed by atoms with van der Waals surface area (Å²) in [5.74, 6) is -1.74. The Morgan fingerprint density at radius 3 is 2.06 bits per heavy atom. The molecule has 0 aliphatic rings. The second-order valence-electron chi connectivity index (χ2n) is 14.4. The molecule has 0 aliphatic carbocycles. The first-order chi connectivity index (χ1) is 32.5. The van der Waals surface area contributed by atoms with Crippen LogP contribution in [-0.2, 0) is 37.3 Å². The van der Waals surface area contributed by atoms with Crippen LogP contribution in [0.25, 0.3) is 61.6 Å². The van der Waals surface area contributed by atoms with Crippen molar-refractivity contribution in [2.24, 2.45) is 0 Å². The van der Waals surface area contributed by atoms with Gasteiger partial charge in [-0.25, -0.2) is 4.98 Å². The molecule has 0 saturated heterocycles. The van der Waals surface area contributed by atoms with Crippen molar-refractivity contribution in [3.63, 3.8) is 0 Å². The Morgan fingerprint density at radius 2 is 1.35 bits per heavy atom. The van der Waals surface area contributed by atoms with Gasteiger partial charge in [0.25, 0.3) is 0 Å². The van der Waals surface area contributed by atoms with Gasteiger partial charge in [0.2, 0.25) is 0 Å². The Balaban J connectivity index is 0.00000847. The summed E-state index contributed by atoms with van der Waals surface area (Å²) in [6.45, 7) is -16.2. The maximum atomic E-state index is 12.6. The Bertz CT molecular complexity index is 3070. The summed E-state index contributed by atoms with van der Waals surface area (Å²) in [6, 6.07) is 33.5. The summed E-state index contributed by atoms with van der Waals surface area (Å²) in [5, 5.41) is 12.6. The van der Waals surface area contributed by atoms with Gasteiger partial charge in [0, 0.05) is 68.9 Å². The summed E-state index contributed by atoms with van der Waals surface area (Å²) in [7, 11) is 0. The molecule has 0 unspecified atom stereocenters. The van der Waals surface area contributed by atoms with Gasteiger partial charge in [-0.2, -0.15) is 0 Å². The van der Waals surface area contributed by atoms with Gasteiger partial charge in [-0.1, -0.05) is 145 Å². The average Bonchev–Trinajstić information content (AvgIpc) is 3.61. The maximum absolute atomic E-state index is 12.6. The van der Waals surface area contributed by atoms with Crippen LogP contribution < -0.4 is 0 Å². The van der Waals surface area contributed by atoms with Crippen LogP contribution in [0.3, 0.4) is 0 Å². The van der Waals surface area contributed by atoms with Gasteiger partial charge >= 0.3 is 0 Å². The van der Waals surface area contributed by atoms with Crippen LogP contribution in [0.1, 0.15) is 109 Å². The van der Waals surface area contributed by atoms with E-state index < -0.39 is 85.6 Å². The molecule has 0 spiro atoms. The number of fused-ring (bicyclic) bond motifs is 1. The molecular formula is C49H50N3OPt-. The minimum atomic E-state index is -4.09. The fourth-order valence-corrected chi connectivity index (χ4v) is 6.51. The molecule has 4 nitrogen and oxygen atoms in total. The maximum Gasteiger partial charge on any atom is 0.148 e. The first-order valence-electron chi connectivity index (χ1n) is 26.1. The number of imidazole rings is 1. The van der Waals surface area contributed by atoms with Gasteiger partial charge in [0.05, 0.1) is 16.6 Å². The third kappa shape index (κ3) is 7.59. The molecule has 0 saturated carbocycles. The number of aromatic nitrogens is 3. The average molecular weight is 910 g/mol. The number of rotatable bonds is 5. The summed E-state index contributed by atoms with van der Waals surface area (Å²) in [6.07, 6.45) is 1.70. The second-order valence-corrected chi connectivity index (χ2v) is 14.4. The molecule has 1 N–H and O–H groups in total. The molecule has 7 aromatic rings. The van der Waals surface area contributed by atoms with E-state index in [-0.39, 0.29) is 38.2 Å². The second kappa shape index (κ2) is 14.5. The van der Waals surface area contributed by atoms with Crippen molar-refractivity contribution in [2.45, 2.75) is 85.1 Å². The predicted molar refractivity (Wildman–Crippen MR) is 222 cm³/mol. The fraction of sp³-hybridized carbons (Fsp3) is 0.265. The zero-order valence-corrected chi connectivity index (χ0v) is 32.3. The van der Waals surface area contributed by atoms with Gasteiger partial charge in [0.1, 0.15) is 11.6 Å². The van der Waals surface area contributed by atoms with Crippen molar-refractivity contribution >= 4 is 11.0 Å². The Morgan fingerprint density at radius 1 is 0.667 bits per heavy atom. The van der Waals surface area contributed by atoms with Crippen LogP contribution in [0.4, 0.5) is 0 Å². The Hall–Kier alpha value is -4.79. The number of phenols is 1. The summed E-state index contributed by atoms with van der Waals surface area (Å²) in [4.78, 5) is 9.72. The van der Waals surface area contributed by atoms with Crippen LogP contribution in [-0.4, -0.2) is 19.6 Å². The van der Waals surface area contributed by atoms with Gasteiger partial charge in [-0.3, -0.25) is 9.55 Å². The number of aromatic hydroxyl groups is 1. The van der Waals surface area contributed by atoms with E-state index in [1.54, 1.807) is 54.7 Å². The van der Waals surface area contributed by atoms with Crippen LogP contribution >= 0.6 is 0 Å². The van der Waals surface area contributed by atoms with E-state index in [4.69, 9.17) is 34.6 Å². The Labute approximate surface area is 360 Å². The van der Waals surface area contributed by atoms with Crippen molar-refractivity contribution < 1.29 is 50.8 Å². The molecule has 2 aromatic heterocycles. The molecular weight excluding hydrogens is 842 g/mol. The zero-order chi connectivity index (χ0) is 52.9. The third-order valence-corrected chi connectivity index (χ3v) is 9.30. The minimum Gasteiger partial charge on any atom is -0.507 e. The van der Waals surface area contributed by atoms with Crippen molar-refractivity contribution in [1.29, 1.82) is 0 Å². The molecule has 7 rings (SSSR count). The quantitative estimate of drug-likeness (QED) is 0.175. The topological polar surface area (TPSA) is 50.9 Å². The van der Waals surface area contributed by atoms with E-state index in [1.165, 1.54) is 4.57 Å². The molecule has 5 heteroatoms. The number of aryl methyl sites for hydroxylation is 1. The zero-order valence-electron chi connectivity index (χ0n) is 48.1. The van der Waals surface area contributed by atoms with E-state index in [9.17, 15) is 5.11 Å². The van der Waals surface area contributed by atoms with Crippen LogP contribution in [0.15, 0.2) is 115 Å². The number of nitrogens with zero attached hydrogens (tertiary/aromatic N) is 3. The number of hydrogen-bond acceptors (Lipinski definition) is 3. The SMILES string of the molecule is [2H]C([2H])([2H])C(c1cc(-c2nc3c(-c4[c-]c(-c5cc(-c6cccc(C)c6)ccn5)cc(C(C)(C)C)c4)cccc3n2-c2ccccc2)c(O)c(C(C([2H])([2H])[2H])(C([2H])([2H])[2H])C([2H])([2H])[2H])c1)(C([2H])([2H])[2H])C([2H])([2H])[2H].[Pt]. The van der Waals surface area contributed by atoms with Crippen LogP contribution in [0.2, 0.25) is 0 Å². The van der Waals surface area contributed by atoms with Crippen molar-refractivity contribution in [1.82, 2.24) is 14.5 Å². The molecule has 0 aliphatic heterocycles. The largest absolute Gasteiger partial charge is 0.507 e. The molecule has 54 heavy (non-hydrogen) atoms. The molecule has 0 radical (unpaired) electrons. The first-order valence-corrected chi connectivity index (χ1v) is 17.1.